The van der Waals surface area contributed by atoms with Crippen molar-refractivity contribution in [3.8, 4) is 0 Å². The van der Waals surface area contributed by atoms with E-state index in [1.54, 1.807) is 10.9 Å². The molecule has 8 nitrogen and oxygen atoms in total. The highest BCUT2D eigenvalue weighted by Crippen LogP contribution is 2.26. The number of amides is 1. The van der Waals surface area contributed by atoms with Crippen LogP contribution < -0.4 is 10.2 Å². The lowest BCUT2D eigenvalue weighted by Crippen LogP contribution is -2.44. The number of hydrogen-bond donors (Lipinski definition) is 1. The number of aryl methyl sites for hydroxylation is 2. The summed E-state index contributed by atoms with van der Waals surface area (Å²) >= 11 is 0. The lowest BCUT2D eigenvalue weighted by atomic mass is 10.0. The monoisotopic (exact) mass is 407 g/mol. The van der Waals surface area contributed by atoms with Gasteiger partial charge in [-0.3, -0.25) is 9.48 Å². The van der Waals surface area contributed by atoms with Crippen molar-refractivity contribution in [3.63, 3.8) is 0 Å². The molecule has 0 aromatic carbocycles. The largest absolute Gasteiger partial charge is 0.354 e. The van der Waals surface area contributed by atoms with Crippen LogP contribution >= 0.6 is 0 Å². The molecule has 0 bridgehead atoms. The molecule has 1 fully saturated rings. The van der Waals surface area contributed by atoms with E-state index >= 15 is 0 Å². The first-order valence-corrected chi connectivity index (χ1v) is 10.4. The number of rotatable bonds is 4. The predicted octanol–water partition coefficient (Wildman–Crippen LogP) is 2.80. The van der Waals surface area contributed by atoms with Crippen LogP contribution in [0.2, 0.25) is 0 Å². The van der Waals surface area contributed by atoms with Gasteiger partial charge in [0, 0.05) is 38.9 Å². The normalized spacial score (nSPS) is 15.2. The van der Waals surface area contributed by atoms with Gasteiger partial charge in [0.2, 0.25) is 0 Å². The van der Waals surface area contributed by atoms with E-state index in [0.29, 0.717) is 11.3 Å². The number of anilines is 2. The maximum absolute atomic E-state index is 13.2. The van der Waals surface area contributed by atoms with E-state index in [-0.39, 0.29) is 11.8 Å². The summed E-state index contributed by atoms with van der Waals surface area (Å²) in [6.45, 7) is 10.0. The van der Waals surface area contributed by atoms with Crippen LogP contribution in [-0.2, 0) is 7.05 Å². The van der Waals surface area contributed by atoms with E-state index in [1.807, 2.05) is 32.2 Å². The number of fused-ring (bicyclic) bond motifs is 1. The summed E-state index contributed by atoms with van der Waals surface area (Å²) in [5.41, 5.74) is 3.67. The van der Waals surface area contributed by atoms with E-state index in [0.717, 1.165) is 54.4 Å². The fourth-order valence-corrected chi connectivity index (χ4v) is 3.82. The Labute approximate surface area is 176 Å². The molecule has 1 N–H and O–H groups in total. The van der Waals surface area contributed by atoms with Gasteiger partial charge in [0.05, 0.1) is 28.5 Å². The van der Waals surface area contributed by atoms with E-state index in [4.69, 9.17) is 4.98 Å². The lowest BCUT2D eigenvalue weighted by Gasteiger charge is -2.33. The molecule has 30 heavy (non-hydrogen) atoms. The number of hydrogen-bond acceptors (Lipinski definition) is 6. The van der Waals surface area contributed by atoms with Crippen LogP contribution in [0, 0.1) is 6.92 Å². The molecule has 0 unspecified atom stereocenters. The zero-order valence-electron chi connectivity index (χ0n) is 18.3. The first-order valence-electron chi connectivity index (χ1n) is 10.4. The zero-order chi connectivity index (χ0) is 21.4. The minimum atomic E-state index is -0.172. The molecule has 1 saturated heterocycles. The highest BCUT2D eigenvalue weighted by molar-refractivity contribution is 6.12. The molecule has 1 aliphatic rings. The summed E-state index contributed by atoms with van der Waals surface area (Å²) in [5.74, 6) is 0.979. The van der Waals surface area contributed by atoms with E-state index in [9.17, 15) is 4.79 Å². The Kier molecular flexibility index (Phi) is 5.42. The van der Waals surface area contributed by atoms with Crippen LogP contribution in [0.3, 0.4) is 0 Å². The fraction of sp³-hybridized carbons (Fsp3) is 0.455. The third-order valence-corrected chi connectivity index (χ3v) is 5.66. The fourth-order valence-electron chi connectivity index (χ4n) is 3.82. The third-order valence-electron chi connectivity index (χ3n) is 5.66. The van der Waals surface area contributed by atoms with Crippen molar-refractivity contribution in [1.29, 1.82) is 0 Å². The molecule has 158 valence electrons. The van der Waals surface area contributed by atoms with Gasteiger partial charge in [0.1, 0.15) is 5.82 Å². The van der Waals surface area contributed by atoms with E-state index in [2.05, 4.69) is 46.1 Å². The van der Waals surface area contributed by atoms with Gasteiger partial charge in [-0.05, 0) is 38.1 Å². The number of carbonyl (C=O) groups is 1. The van der Waals surface area contributed by atoms with Gasteiger partial charge in [-0.2, -0.15) is 5.10 Å². The van der Waals surface area contributed by atoms with Crippen molar-refractivity contribution in [2.24, 2.45) is 7.05 Å². The van der Waals surface area contributed by atoms with Crippen LogP contribution in [-0.4, -0.2) is 63.8 Å². The van der Waals surface area contributed by atoms with Gasteiger partial charge in [-0.1, -0.05) is 13.8 Å². The minimum absolute atomic E-state index is 0.172. The Morgan fingerprint density at radius 1 is 1.13 bits per heavy atom. The minimum Gasteiger partial charge on any atom is -0.354 e. The maximum atomic E-state index is 13.2. The second-order valence-electron chi connectivity index (χ2n) is 8.31. The highest BCUT2D eigenvalue weighted by atomic mass is 16.1. The Bertz CT molecular complexity index is 1060. The average molecular weight is 408 g/mol. The van der Waals surface area contributed by atoms with Gasteiger partial charge in [-0.15, -0.1) is 0 Å². The summed E-state index contributed by atoms with van der Waals surface area (Å²) in [7, 11) is 3.99. The maximum Gasteiger partial charge on any atom is 0.256 e. The number of aromatic nitrogens is 4. The molecule has 1 amide bonds. The lowest BCUT2D eigenvalue weighted by molar-refractivity contribution is 0.102. The standard InChI is InChI=1S/C22H29N7O/c1-14(2)18-12-17(20-15(3)26-28(5)21(20)25-18)22(30)24-16-6-7-19(23-13-16)29-10-8-27(4)9-11-29/h6-7,12-14H,8-11H2,1-5H3,(H,24,30). The molecule has 1 aliphatic heterocycles. The Morgan fingerprint density at radius 2 is 1.87 bits per heavy atom. The van der Waals surface area contributed by atoms with E-state index in [1.165, 1.54) is 0 Å². The van der Waals surface area contributed by atoms with Crippen molar-refractivity contribution in [2.45, 2.75) is 26.7 Å². The first-order chi connectivity index (χ1) is 14.3. The molecule has 0 atom stereocenters. The van der Waals surface area contributed by atoms with Gasteiger partial charge >= 0.3 is 0 Å². The summed E-state index contributed by atoms with van der Waals surface area (Å²) in [5, 5.41) is 8.25. The van der Waals surface area contributed by atoms with E-state index < -0.39 is 0 Å². The summed E-state index contributed by atoms with van der Waals surface area (Å²) in [4.78, 5) is 27.0. The van der Waals surface area contributed by atoms with Crippen LogP contribution in [0.25, 0.3) is 11.0 Å². The number of carbonyl (C=O) groups excluding carboxylic acids is 1. The second kappa shape index (κ2) is 8.02. The number of nitrogens with one attached hydrogen (secondary N) is 1. The van der Waals surface area contributed by atoms with Crippen LogP contribution in [0.5, 0.6) is 0 Å². The Hall–Kier alpha value is -3.00. The quantitative estimate of drug-likeness (QED) is 0.716. The van der Waals surface area contributed by atoms with Crippen molar-refractivity contribution in [2.75, 3.05) is 43.4 Å². The molecule has 0 spiro atoms. The summed E-state index contributed by atoms with van der Waals surface area (Å²) in [6, 6.07) is 5.76. The molecule has 4 rings (SSSR count). The van der Waals surface area contributed by atoms with Crippen molar-refractivity contribution in [1.82, 2.24) is 24.6 Å². The highest BCUT2D eigenvalue weighted by Gasteiger charge is 2.20. The van der Waals surface area contributed by atoms with Crippen LogP contribution in [0.4, 0.5) is 11.5 Å². The summed E-state index contributed by atoms with van der Waals surface area (Å²) in [6.07, 6.45) is 1.73. The molecular weight excluding hydrogens is 378 g/mol. The molecule has 0 aliphatic carbocycles. The SMILES string of the molecule is Cc1nn(C)c2nc(C(C)C)cc(C(=O)Nc3ccc(N4CCN(C)CC4)nc3)c12. The topological polar surface area (TPSA) is 79.2 Å². The third kappa shape index (κ3) is 3.87. The number of nitrogens with zero attached hydrogens (tertiary/aromatic N) is 6. The van der Waals surface area contributed by atoms with Gasteiger partial charge in [0.25, 0.3) is 5.91 Å². The number of pyridine rings is 2. The molecule has 3 aromatic heterocycles. The number of likely N-dealkylation sites (N-methyl/N-ethyl adjacent to an activating group) is 1. The van der Waals surface area contributed by atoms with Gasteiger partial charge < -0.3 is 15.1 Å². The van der Waals surface area contributed by atoms with Crippen LogP contribution in [0.1, 0.15) is 41.5 Å². The molecular formula is C22H29N7O. The molecule has 8 heteroatoms. The van der Waals surface area contributed by atoms with Crippen molar-refractivity contribution < 1.29 is 4.79 Å². The van der Waals surface area contributed by atoms with Gasteiger partial charge in [-0.25, -0.2) is 9.97 Å². The molecule has 0 saturated carbocycles. The predicted molar refractivity (Wildman–Crippen MR) is 119 cm³/mol. The number of piperazine rings is 1. The summed E-state index contributed by atoms with van der Waals surface area (Å²) < 4.78 is 1.74. The average Bonchev–Trinajstić information content (AvgIpc) is 3.02. The Balaban J connectivity index is 1.59. The Morgan fingerprint density at radius 3 is 2.50 bits per heavy atom. The zero-order valence-corrected chi connectivity index (χ0v) is 18.3. The van der Waals surface area contributed by atoms with Gasteiger partial charge in [0.15, 0.2) is 5.65 Å². The first kappa shape index (κ1) is 20.3. The van der Waals surface area contributed by atoms with Crippen molar-refractivity contribution >= 4 is 28.4 Å². The molecule has 3 aromatic rings. The smallest absolute Gasteiger partial charge is 0.256 e. The van der Waals surface area contributed by atoms with Crippen molar-refractivity contribution in [3.05, 3.63) is 41.3 Å². The second-order valence-corrected chi connectivity index (χ2v) is 8.31. The molecule has 0 radical (unpaired) electrons. The molecule has 4 heterocycles. The van der Waals surface area contributed by atoms with Crippen LogP contribution in [0.15, 0.2) is 24.4 Å².